The van der Waals surface area contributed by atoms with E-state index in [0.717, 1.165) is 50.4 Å². The van der Waals surface area contributed by atoms with Gasteiger partial charge in [-0.15, -0.1) is 11.3 Å². The van der Waals surface area contributed by atoms with Gasteiger partial charge in [-0.1, -0.05) is 42.5 Å². The summed E-state index contributed by atoms with van der Waals surface area (Å²) in [5.74, 6) is 0.240. The van der Waals surface area contributed by atoms with Crippen LogP contribution in [0.5, 0.6) is 0 Å². The molecule has 3 nitrogen and oxygen atoms in total. The molecule has 2 aliphatic rings. The lowest BCUT2D eigenvalue weighted by Crippen LogP contribution is -2.48. The van der Waals surface area contributed by atoms with Gasteiger partial charge in [0.2, 0.25) is 0 Å². The highest BCUT2D eigenvalue weighted by molar-refractivity contribution is 7.14. The molecule has 0 spiro atoms. The first kappa shape index (κ1) is 17.5. The second kappa shape index (κ2) is 8.19. The molecule has 2 heterocycles. The van der Waals surface area contributed by atoms with E-state index >= 15 is 0 Å². The summed E-state index contributed by atoms with van der Waals surface area (Å²) in [7, 11) is 0. The molecule has 2 aromatic rings. The number of carbonyl (C=O) groups excluding carboxylic acids is 1. The van der Waals surface area contributed by atoms with Crippen molar-refractivity contribution in [2.45, 2.75) is 25.7 Å². The minimum atomic E-state index is 0.240. The van der Waals surface area contributed by atoms with Gasteiger partial charge >= 0.3 is 0 Å². The van der Waals surface area contributed by atoms with Crippen molar-refractivity contribution in [1.82, 2.24) is 9.80 Å². The highest BCUT2D eigenvalue weighted by Crippen LogP contribution is 2.30. The molecule has 0 N–H and O–H groups in total. The van der Waals surface area contributed by atoms with Gasteiger partial charge in [0.1, 0.15) is 0 Å². The van der Waals surface area contributed by atoms with E-state index in [-0.39, 0.29) is 5.91 Å². The molecule has 0 bridgehead atoms. The number of hydrogen-bond acceptors (Lipinski definition) is 3. The fourth-order valence-electron chi connectivity index (χ4n) is 3.79. The van der Waals surface area contributed by atoms with Crippen molar-refractivity contribution in [3.8, 4) is 0 Å². The molecule has 0 saturated carbocycles. The Hall–Kier alpha value is -1.91. The fraction of sp³-hybridized carbons (Fsp3) is 0.409. The lowest BCUT2D eigenvalue weighted by Gasteiger charge is -2.33. The fourth-order valence-corrected chi connectivity index (χ4v) is 5.01. The van der Waals surface area contributed by atoms with Gasteiger partial charge in [-0.05, 0) is 42.9 Å². The van der Waals surface area contributed by atoms with Crippen LogP contribution in [0.15, 0.2) is 42.5 Å². The van der Waals surface area contributed by atoms with Crippen LogP contribution in [-0.2, 0) is 12.8 Å². The lowest BCUT2D eigenvalue weighted by molar-refractivity contribution is 0.0655. The molecule has 1 saturated heterocycles. The smallest absolute Gasteiger partial charge is 0.264 e. The van der Waals surface area contributed by atoms with Crippen LogP contribution >= 0.6 is 11.3 Å². The third-order valence-electron chi connectivity index (χ3n) is 5.34. The molecule has 4 rings (SSSR count). The van der Waals surface area contributed by atoms with E-state index in [4.69, 9.17) is 0 Å². The highest BCUT2D eigenvalue weighted by atomic mass is 32.1. The number of rotatable bonds is 4. The zero-order chi connectivity index (χ0) is 17.8. The number of amides is 1. The minimum Gasteiger partial charge on any atom is -0.335 e. The first-order valence-electron chi connectivity index (χ1n) is 9.64. The number of aryl methyl sites for hydroxylation is 2. The molecule has 1 fully saturated rings. The van der Waals surface area contributed by atoms with Crippen molar-refractivity contribution in [1.29, 1.82) is 0 Å². The third-order valence-corrected chi connectivity index (χ3v) is 6.57. The lowest BCUT2D eigenvalue weighted by atomic mass is 9.99. The SMILES string of the molecule is O=C(c1cc2c(s1)CCCC2)N1CCN(CC=Cc2ccccc2)CC1. The second-order valence-electron chi connectivity index (χ2n) is 7.17. The van der Waals surface area contributed by atoms with Gasteiger partial charge in [0, 0.05) is 37.6 Å². The molecule has 1 aliphatic heterocycles. The molecule has 1 aromatic heterocycles. The Bertz CT molecular complexity index is 749. The Labute approximate surface area is 159 Å². The quantitative estimate of drug-likeness (QED) is 0.813. The van der Waals surface area contributed by atoms with Crippen molar-refractivity contribution < 1.29 is 4.79 Å². The van der Waals surface area contributed by atoms with E-state index in [9.17, 15) is 4.79 Å². The minimum absolute atomic E-state index is 0.240. The number of carbonyl (C=O) groups is 1. The normalized spacial score (nSPS) is 18.2. The maximum atomic E-state index is 12.8. The second-order valence-corrected chi connectivity index (χ2v) is 8.31. The summed E-state index contributed by atoms with van der Waals surface area (Å²) in [6.07, 6.45) is 9.26. The van der Waals surface area contributed by atoms with Crippen molar-refractivity contribution in [3.05, 3.63) is 63.4 Å². The predicted octanol–water partition coefficient (Wildman–Crippen LogP) is 4.10. The molecule has 0 atom stereocenters. The summed E-state index contributed by atoms with van der Waals surface area (Å²) < 4.78 is 0. The third kappa shape index (κ3) is 4.08. The van der Waals surface area contributed by atoms with Gasteiger partial charge in [-0.25, -0.2) is 0 Å². The molecule has 1 amide bonds. The van der Waals surface area contributed by atoms with Crippen LogP contribution in [0.2, 0.25) is 0 Å². The van der Waals surface area contributed by atoms with Gasteiger partial charge in [0.05, 0.1) is 4.88 Å². The van der Waals surface area contributed by atoms with Crippen LogP contribution < -0.4 is 0 Å². The maximum Gasteiger partial charge on any atom is 0.264 e. The zero-order valence-electron chi connectivity index (χ0n) is 15.2. The van der Waals surface area contributed by atoms with Gasteiger partial charge < -0.3 is 4.90 Å². The predicted molar refractivity (Wildman–Crippen MR) is 109 cm³/mol. The van der Waals surface area contributed by atoms with Crippen molar-refractivity contribution >= 4 is 23.3 Å². The summed E-state index contributed by atoms with van der Waals surface area (Å²) in [6, 6.07) is 12.6. The number of fused-ring (bicyclic) bond motifs is 1. The number of hydrogen-bond donors (Lipinski definition) is 0. The Morgan fingerprint density at radius 1 is 1.04 bits per heavy atom. The molecule has 0 unspecified atom stereocenters. The molecular weight excluding hydrogens is 340 g/mol. The Balaban J connectivity index is 1.28. The van der Waals surface area contributed by atoms with Crippen LogP contribution in [0.1, 0.15) is 38.5 Å². The molecule has 4 heteroatoms. The molecule has 136 valence electrons. The van der Waals surface area contributed by atoms with E-state index in [1.165, 1.54) is 28.8 Å². The van der Waals surface area contributed by atoms with Gasteiger partial charge in [0.15, 0.2) is 0 Å². The Kier molecular flexibility index (Phi) is 5.51. The molecule has 0 radical (unpaired) electrons. The van der Waals surface area contributed by atoms with Crippen LogP contribution in [0, 0.1) is 0 Å². The number of thiophene rings is 1. The topological polar surface area (TPSA) is 23.6 Å². The van der Waals surface area contributed by atoms with Crippen LogP contribution in [-0.4, -0.2) is 48.4 Å². The Morgan fingerprint density at radius 2 is 1.81 bits per heavy atom. The van der Waals surface area contributed by atoms with Crippen molar-refractivity contribution in [2.24, 2.45) is 0 Å². The van der Waals surface area contributed by atoms with E-state index in [1.54, 1.807) is 11.3 Å². The monoisotopic (exact) mass is 366 g/mol. The molecule has 26 heavy (non-hydrogen) atoms. The zero-order valence-corrected chi connectivity index (χ0v) is 16.0. The molecule has 1 aromatic carbocycles. The summed E-state index contributed by atoms with van der Waals surface area (Å²) >= 11 is 1.73. The number of piperazine rings is 1. The molecule has 1 aliphatic carbocycles. The highest BCUT2D eigenvalue weighted by Gasteiger charge is 2.24. The van der Waals surface area contributed by atoms with Crippen LogP contribution in [0.4, 0.5) is 0 Å². The van der Waals surface area contributed by atoms with Gasteiger partial charge in [-0.3, -0.25) is 9.69 Å². The van der Waals surface area contributed by atoms with Gasteiger partial charge in [0.25, 0.3) is 5.91 Å². The van der Waals surface area contributed by atoms with E-state index in [0.29, 0.717) is 0 Å². The van der Waals surface area contributed by atoms with Crippen LogP contribution in [0.25, 0.3) is 6.08 Å². The van der Waals surface area contributed by atoms with Crippen LogP contribution in [0.3, 0.4) is 0 Å². The Morgan fingerprint density at radius 3 is 2.58 bits per heavy atom. The summed E-state index contributed by atoms with van der Waals surface area (Å²) in [6.45, 7) is 4.53. The largest absolute Gasteiger partial charge is 0.335 e. The van der Waals surface area contributed by atoms with Crippen molar-refractivity contribution in [3.63, 3.8) is 0 Å². The molecular formula is C22H26N2OS. The van der Waals surface area contributed by atoms with E-state index < -0.39 is 0 Å². The van der Waals surface area contributed by atoms with E-state index in [1.807, 2.05) is 11.0 Å². The summed E-state index contributed by atoms with van der Waals surface area (Å²) in [5, 5.41) is 0. The first-order valence-corrected chi connectivity index (χ1v) is 10.5. The average molecular weight is 367 g/mol. The number of nitrogens with zero attached hydrogens (tertiary/aromatic N) is 2. The van der Waals surface area contributed by atoms with E-state index in [2.05, 4.69) is 47.4 Å². The summed E-state index contributed by atoms with van der Waals surface area (Å²) in [5.41, 5.74) is 2.66. The first-order chi connectivity index (χ1) is 12.8. The maximum absolute atomic E-state index is 12.8. The van der Waals surface area contributed by atoms with Gasteiger partial charge in [-0.2, -0.15) is 0 Å². The summed E-state index contributed by atoms with van der Waals surface area (Å²) in [4.78, 5) is 19.7. The average Bonchev–Trinajstić information content (AvgIpc) is 3.13. The number of benzene rings is 1. The standard InChI is InChI=1S/C22H26N2OS/c25-22(21-17-19-10-4-5-11-20(19)26-21)24-15-13-23(14-16-24)12-6-9-18-7-2-1-3-8-18/h1-3,6-9,17H,4-5,10-16H2. The van der Waals surface area contributed by atoms with Crippen molar-refractivity contribution in [2.75, 3.05) is 32.7 Å².